The minimum Gasteiger partial charge on any atom is -0.497 e. The summed E-state index contributed by atoms with van der Waals surface area (Å²) >= 11 is 0. The van der Waals surface area contributed by atoms with Crippen molar-refractivity contribution in [3.63, 3.8) is 0 Å². The molecule has 0 saturated heterocycles. The number of hydrogen-bond acceptors (Lipinski definition) is 6. The van der Waals surface area contributed by atoms with Crippen molar-refractivity contribution in [2.75, 3.05) is 30.8 Å². The van der Waals surface area contributed by atoms with Crippen LogP contribution in [0.2, 0.25) is 0 Å². The van der Waals surface area contributed by atoms with Crippen LogP contribution in [0.1, 0.15) is 58.9 Å². The summed E-state index contributed by atoms with van der Waals surface area (Å²) in [5.74, 6) is 0.748. The molecule has 0 aliphatic carbocycles. The molecular weight excluding hydrogens is 518 g/mol. The Morgan fingerprint density at radius 1 is 1.00 bits per heavy atom. The molecule has 0 radical (unpaired) electrons. The van der Waals surface area contributed by atoms with Crippen molar-refractivity contribution in [2.24, 2.45) is 0 Å². The van der Waals surface area contributed by atoms with E-state index < -0.39 is 16.1 Å². The molecule has 0 aliphatic heterocycles. The maximum absolute atomic E-state index is 13.6. The molecule has 0 aromatic heterocycles. The second kappa shape index (κ2) is 15.4. The Morgan fingerprint density at radius 3 is 2.23 bits per heavy atom. The second-order valence-corrected chi connectivity index (χ2v) is 11.4. The average Bonchev–Trinajstić information content (AvgIpc) is 2.91. The molecule has 2 atom stereocenters. The zero-order valence-corrected chi connectivity index (χ0v) is 24.8. The highest BCUT2D eigenvalue weighted by atomic mass is 32.2. The standard InChI is InChI=1S/C29H43N3O6S/c1-7-22(4)30-29(34)25(8-2)31(21-23-16-18-24(37-5)19-17-23)28(33)15-12-20-32(39(6,35)36)26-13-10-11-14-27(26)38-9-3/h10-11,13-14,16-19,22,25H,7-9,12,15,20-21H2,1-6H3,(H,30,34)/t22-,25-/m0/s1. The molecule has 39 heavy (non-hydrogen) atoms. The van der Waals surface area contributed by atoms with Crippen LogP contribution < -0.4 is 19.1 Å². The first-order valence-electron chi connectivity index (χ1n) is 13.5. The van der Waals surface area contributed by atoms with Crippen LogP contribution in [0, 0.1) is 0 Å². The molecular formula is C29H43N3O6S. The van der Waals surface area contributed by atoms with E-state index >= 15 is 0 Å². The Kier molecular flexibility index (Phi) is 12.6. The highest BCUT2D eigenvalue weighted by molar-refractivity contribution is 7.92. The Morgan fingerprint density at radius 2 is 1.67 bits per heavy atom. The van der Waals surface area contributed by atoms with Gasteiger partial charge in [0, 0.05) is 25.6 Å². The van der Waals surface area contributed by atoms with Gasteiger partial charge < -0.3 is 19.7 Å². The number of nitrogens with one attached hydrogen (secondary N) is 1. The summed E-state index contributed by atoms with van der Waals surface area (Å²) in [4.78, 5) is 28.3. The van der Waals surface area contributed by atoms with Crippen molar-refractivity contribution in [1.82, 2.24) is 10.2 Å². The molecule has 0 fully saturated rings. The first-order chi connectivity index (χ1) is 18.5. The molecule has 10 heteroatoms. The lowest BCUT2D eigenvalue weighted by molar-refractivity contribution is -0.141. The Bertz CT molecular complexity index is 1170. The molecule has 2 aromatic carbocycles. The number of rotatable bonds is 16. The van der Waals surface area contributed by atoms with Crippen LogP contribution in [-0.2, 0) is 26.2 Å². The first-order valence-corrected chi connectivity index (χ1v) is 15.3. The quantitative estimate of drug-likeness (QED) is 0.327. The molecule has 0 unspecified atom stereocenters. The van der Waals surface area contributed by atoms with Crippen molar-refractivity contribution in [1.29, 1.82) is 0 Å². The Labute approximate surface area is 233 Å². The van der Waals surface area contributed by atoms with E-state index in [9.17, 15) is 18.0 Å². The summed E-state index contributed by atoms with van der Waals surface area (Å²) in [6, 6.07) is 13.6. The summed E-state index contributed by atoms with van der Waals surface area (Å²) in [5.41, 5.74) is 1.30. The molecule has 1 N–H and O–H groups in total. The molecule has 9 nitrogen and oxygen atoms in total. The van der Waals surface area contributed by atoms with E-state index in [4.69, 9.17) is 9.47 Å². The number of ether oxygens (including phenoxy) is 2. The predicted octanol–water partition coefficient (Wildman–Crippen LogP) is 4.36. The van der Waals surface area contributed by atoms with Gasteiger partial charge in [0.1, 0.15) is 17.5 Å². The third-order valence-corrected chi connectivity index (χ3v) is 7.66. The largest absolute Gasteiger partial charge is 0.497 e. The molecule has 0 spiro atoms. The molecule has 0 saturated carbocycles. The normalized spacial score (nSPS) is 12.8. The van der Waals surface area contributed by atoms with E-state index in [-0.39, 0.29) is 43.8 Å². The smallest absolute Gasteiger partial charge is 0.243 e. The molecule has 0 heterocycles. The minimum absolute atomic E-state index is 0.0155. The number of hydrogen-bond donors (Lipinski definition) is 1. The highest BCUT2D eigenvalue weighted by Gasteiger charge is 2.29. The monoisotopic (exact) mass is 561 g/mol. The summed E-state index contributed by atoms with van der Waals surface area (Å²) in [5, 5.41) is 3.00. The fourth-order valence-electron chi connectivity index (χ4n) is 4.21. The lowest BCUT2D eigenvalue weighted by Crippen LogP contribution is -2.50. The Hall–Kier alpha value is -3.27. The molecule has 2 rings (SSSR count). The maximum Gasteiger partial charge on any atom is 0.243 e. The van der Waals surface area contributed by atoms with Gasteiger partial charge in [0.25, 0.3) is 0 Å². The number of nitrogens with zero attached hydrogens (tertiary/aromatic N) is 2. The van der Waals surface area contributed by atoms with Gasteiger partial charge in [-0.3, -0.25) is 13.9 Å². The van der Waals surface area contributed by atoms with E-state index in [0.29, 0.717) is 30.2 Å². The van der Waals surface area contributed by atoms with E-state index in [1.807, 2.05) is 52.0 Å². The van der Waals surface area contributed by atoms with Crippen LogP contribution in [0.5, 0.6) is 11.5 Å². The van der Waals surface area contributed by atoms with Gasteiger partial charge in [-0.25, -0.2) is 8.42 Å². The van der Waals surface area contributed by atoms with Crippen molar-refractivity contribution < 1.29 is 27.5 Å². The molecule has 216 valence electrons. The van der Waals surface area contributed by atoms with E-state index in [1.165, 1.54) is 4.31 Å². The minimum atomic E-state index is -3.63. The number of carbonyl (C=O) groups is 2. The van der Waals surface area contributed by atoms with Crippen LogP contribution in [-0.4, -0.2) is 63.7 Å². The summed E-state index contributed by atoms with van der Waals surface area (Å²) in [7, 11) is -2.04. The highest BCUT2D eigenvalue weighted by Crippen LogP contribution is 2.30. The lowest BCUT2D eigenvalue weighted by atomic mass is 10.1. The number of amides is 2. The number of benzene rings is 2. The van der Waals surface area contributed by atoms with Crippen molar-refractivity contribution in [2.45, 2.75) is 72.0 Å². The van der Waals surface area contributed by atoms with Gasteiger partial charge in [-0.15, -0.1) is 0 Å². The number of para-hydroxylation sites is 2. The van der Waals surface area contributed by atoms with Gasteiger partial charge in [-0.2, -0.15) is 0 Å². The Balaban J connectivity index is 2.26. The lowest BCUT2D eigenvalue weighted by Gasteiger charge is -2.32. The predicted molar refractivity (Wildman–Crippen MR) is 155 cm³/mol. The van der Waals surface area contributed by atoms with Gasteiger partial charge in [0.15, 0.2) is 0 Å². The molecule has 0 aliphatic rings. The van der Waals surface area contributed by atoms with Crippen LogP contribution in [0.15, 0.2) is 48.5 Å². The van der Waals surface area contributed by atoms with Gasteiger partial charge in [-0.05, 0) is 62.9 Å². The van der Waals surface area contributed by atoms with Gasteiger partial charge >= 0.3 is 0 Å². The fraction of sp³-hybridized carbons (Fsp3) is 0.517. The van der Waals surface area contributed by atoms with Gasteiger partial charge in [-0.1, -0.05) is 38.1 Å². The summed E-state index contributed by atoms with van der Waals surface area (Å²) in [6.45, 7) is 8.37. The first kappa shape index (κ1) is 31.9. The van der Waals surface area contributed by atoms with Crippen LogP contribution in [0.25, 0.3) is 0 Å². The van der Waals surface area contributed by atoms with Crippen LogP contribution in [0.4, 0.5) is 5.69 Å². The molecule has 2 amide bonds. The average molecular weight is 562 g/mol. The second-order valence-electron chi connectivity index (χ2n) is 9.45. The van der Waals surface area contributed by atoms with E-state index in [1.54, 1.807) is 36.3 Å². The van der Waals surface area contributed by atoms with Gasteiger partial charge in [0.05, 0.1) is 25.7 Å². The van der Waals surface area contributed by atoms with Crippen molar-refractivity contribution in [3.8, 4) is 11.5 Å². The number of sulfonamides is 1. The molecule has 0 bridgehead atoms. The van der Waals surface area contributed by atoms with Crippen molar-refractivity contribution >= 4 is 27.5 Å². The van der Waals surface area contributed by atoms with E-state index in [2.05, 4.69) is 5.32 Å². The summed E-state index contributed by atoms with van der Waals surface area (Å²) < 4.78 is 37.5. The SMILES string of the molecule is CCOc1ccccc1N(CCCC(=O)N(Cc1ccc(OC)cc1)[C@@H](CC)C(=O)N[C@@H](C)CC)S(C)(=O)=O. The van der Waals surface area contributed by atoms with Gasteiger partial charge in [0.2, 0.25) is 21.8 Å². The summed E-state index contributed by atoms with van der Waals surface area (Å²) in [6.07, 6.45) is 2.71. The zero-order valence-electron chi connectivity index (χ0n) is 24.0. The zero-order chi connectivity index (χ0) is 29.0. The maximum atomic E-state index is 13.6. The number of carbonyl (C=O) groups excluding carboxylic acids is 2. The van der Waals surface area contributed by atoms with Crippen molar-refractivity contribution in [3.05, 3.63) is 54.1 Å². The molecule has 2 aromatic rings. The number of anilines is 1. The van der Waals surface area contributed by atoms with Crippen LogP contribution >= 0.6 is 0 Å². The van der Waals surface area contributed by atoms with Crippen LogP contribution in [0.3, 0.4) is 0 Å². The third-order valence-electron chi connectivity index (χ3n) is 6.48. The van der Waals surface area contributed by atoms with E-state index in [0.717, 1.165) is 18.2 Å². The number of methoxy groups -OCH3 is 1. The topological polar surface area (TPSA) is 105 Å². The third kappa shape index (κ3) is 9.45. The fourth-order valence-corrected chi connectivity index (χ4v) is 5.18.